The Morgan fingerprint density at radius 1 is 1.25 bits per heavy atom. The number of benzene rings is 1. The highest BCUT2D eigenvalue weighted by atomic mass is 32.2. The zero-order chi connectivity index (χ0) is 11.5. The molecule has 2 heteroatoms. The van der Waals surface area contributed by atoms with Crippen molar-refractivity contribution in [1.29, 1.82) is 0 Å². The molecule has 1 unspecified atom stereocenters. The van der Waals surface area contributed by atoms with Gasteiger partial charge < -0.3 is 5.32 Å². The van der Waals surface area contributed by atoms with Crippen molar-refractivity contribution in [2.24, 2.45) is 0 Å². The Balaban J connectivity index is 2.03. The lowest BCUT2D eigenvalue weighted by atomic mass is 10.1. The van der Waals surface area contributed by atoms with E-state index in [0.29, 0.717) is 0 Å². The van der Waals surface area contributed by atoms with E-state index in [4.69, 9.17) is 0 Å². The number of thioether (sulfide) groups is 1. The molecule has 1 nitrogen and oxygen atoms in total. The lowest BCUT2D eigenvalue weighted by Gasteiger charge is -2.14. The maximum absolute atomic E-state index is 3.56. The summed E-state index contributed by atoms with van der Waals surface area (Å²) in [4.78, 5) is 1.49. The molecule has 1 aromatic carbocycles. The van der Waals surface area contributed by atoms with Crippen LogP contribution in [0.5, 0.6) is 0 Å². The first kappa shape index (κ1) is 12.0. The summed E-state index contributed by atoms with van der Waals surface area (Å²) in [6.07, 6.45) is 2.69. The fourth-order valence-corrected chi connectivity index (χ4v) is 3.70. The molecule has 0 radical (unpaired) electrons. The molecule has 0 bridgehead atoms. The first-order valence-corrected chi connectivity index (χ1v) is 7.09. The number of nitrogens with one attached hydrogen (secondary N) is 1. The SMILES string of the molecule is Cc1cc(C)c(SCC2CCCN2)c(C)c1. The van der Waals surface area contributed by atoms with E-state index < -0.39 is 0 Å². The summed E-state index contributed by atoms with van der Waals surface area (Å²) in [6, 6.07) is 5.31. The smallest absolute Gasteiger partial charge is 0.0162 e. The Morgan fingerprint density at radius 3 is 2.50 bits per heavy atom. The van der Waals surface area contributed by atoms with Crippen molar-refractivity contribution in [3.63, 3.8) is 0 Å². The molecule has 1 aliphatic rings. The minimum Gasteiger partial charge on any atom is -0.313 e. The van der Waals surface area contributed by atoms with Gasteiger partial charge in [-0.3, -0.25) is 0 Å². The molecule has 88 valence electrons. The van der Waals surface area contributed by atoms with Crippen LogP contribution in [0.4, 0.5) is 0 Å². The van der Waals surface area contributed by atoms with Crippen LogP contribution in [-0.2, 0) is 0 Å². The van der Waals surface area contributed by atoms with Crippen LogP contribution in [0.2, 0.25) is 0 Å². The highest BCUT2D eigenvalue weighted by Gasteiger charge is 2.15. The van der Waals surface area contributed by atoms with Crippen LogP contribution in [-0.4, -0.2) is 18.3 Å². The Labute approximate surface area is 103 Å². The molecule has 1 atom stereocenters. The van der Waals surface area contributed by atoms with Crippen molar-refractivity contribution >= 4 is 11.8 Å². The molecule has 1 saturated heterocycles. The van der Waals surface area contributed by atoms with Crippen molar-refractivity contribution in [3.8, 4) is 0 Å². The van der Waals surface area contributed by atoms with Gasteiger partial charge >= 0.3 is 0 Å². The molecule has 0 amide bonds. The van der Waals surface area contributed by atoms with Gasteiger partial charge in [0, 0.05) is 16.7 Å². The van der Waals surface area contributed by atoms with E-state index in [2.05, 4.69) is 38.2 Å². The predicted octanol–water partition coefficient (Wildman–Crippen LogP) is 3.46. The molecular formula is C14H21NS. The van der Waals surface area contributed by atoms with E-state index in [9.17, 15) is 0 Å². The molecule has 1 heterocycles. The second-order valence-corrected chi connectivity index (χ2v) is 5.86. The topological polar surface area (TPSA) is 12.0 Å². The molecule has 0 saturated carbocycles. The largest absolute Gasteiger partial charge is 0.313 e. The van der Waals surface area contributed by atoms with Gasteiger partial charge in [-0.2, -0.15) is 0 Å². The first-order chi connectivity index (χ1) is 7.66. The molecule has 1 aliphatic heterocycles. The normalized spacial score (nSPS) is 20.3. The number of aryl methyl sites for hydroxylation is 3. The molecule has 0 aromatic heterocycles. The fourth-order valence-electron chi connectivity index (χ4n) is 2.48. The lowest BCUT2D eigenvalue weighted by Crippen LogP contribution is -2.23. The van der Waals surface area contributed by atoms with E-state index in [1.807, 2.05) is 11.8 Å². The van der Waals surface area contributed by atoms with Crippen LogP contribution in [0, 0.1) is 20.8 Å². The summed E-state index contributed by atoms with van der Waals surface area (Å²) < 4.78 is 0. The summed E-state index contributed by atoms with van der Waals surface area (Å²) in [6.45, 7) is 7.83. The fraction of sp³-hybridized carbons (Fsp3) is 0.571. The van der Waals surface area contributed by atoms with Gasteiger partial charge in [-0.25, -0.2) is 0 Å². The monoisotopic (exact) mass is 235 g/mol. The van der Waals surface area contributed by atoms with Crippen LogP contribution < -0.4 is 5.32 Å². The quantitative estimate of drug-likeness (QED) is 0.805. The first-order valence-electron chi connectivity index (χ1n) is 6.11. The zero-order valence-electron chi connectivity index (χ0n) is 10.5. The van der Waals surface area contributed by atoms with Gasteiger partial charge in [0.25, 0.3) is 0 Å². The highest BCUT2D eigenvalue weighted by molar-refractivity contribution is 7.99. The summed E-state index contributed by atoms with van der Waals surface area (Å²) in [5.41, 5.74) is 4.24. The van der Waals surface area contributed by atoms with Crippen LogP contribution in [0.25, 0.3) is 0 Å². The third kappa shape index (κ3) is 2.80. The van der Waals surface area contributed by atoms with Gasteiger partial charge in [-0.05, 0) is 51.3 Å². The molecule has 0 spiro atoms. The second kappa shape index (κ2) is 5.24. The maximum atomic E-state index is 3.56. The van der Waals surface area contributed by atoms with Gasteiger partial charge in [0.05, 0.1) is 0 Å². The minimum atomic E-state index is 0.727. The van der Waals surface area contributed by atoms with E-state index >= 15 is 0 Å². The zero-order valence-corrected chi connectivity index (χ0v) is 11.3. The van der Waals surface area contributed by atoms with E-state index in [0.717, 1.165) is 6.04 Å². The van der Waals surface area contributed by atoms with Gasteiger partial charge in [0.2, 0.25) is 0 Å². The third-order valence-corrected chi connectivity index (χ3v) is 4.70. The molecule has 0 aliphatic carbocycles. The van der Waals surface area contributed by atoms with Gasteiger partial charge in [0.15, 0.2) is 0 Å². The summed E-state index contributed by atoms with van der Waals surface area (Å²) in [5, 5.41) is 3.56. The average Bonchev–Trinajstić information content (AvgIpc) is 2.68. The summed E-state index contributed by atoms with van der Waals surface area (Å²) in [5.74, 6) is 1.21. The van der Waals surface area contributed by atoms with Crippen molar-refractivity contribution in [1.82, 2.24) is 5.32 Å². The predicted molar refractivity (Wildman–Crippen MR) is 72.4 cm³/mol. The van der Waals surface area contributed by atoms with Gasteiger partial charge in [0.1, 0.15) is 0 Å². The Bertz CT molecular complexity index is 344. The van der Waals surface area contributed by atoms with Crippen LogP contribution in [0.3, 0.4) is 0 Å². The van der Waals surface area contributed by atoms with Crippen molar-refractivity contribution in [3.05, 3.63) is 28.8 Å². The summed E-state index contributed by atoms with van der Waals surface area (Å²) in [7, 11) is 0. The van der Waals surface area contributed by atoms with Crippen LogP contribution in [0.15, 0.2) is 17.0 Å². The van der Waals surface area contributed by atoms with Gasteiger partial charge in [-0.1, -0.05) is 17.7 Å². The van der Waals surface area contributed by atoms with E-state index in [1.54, 1.807) is 0 Å². The standard InChI is InChI=1S/C14H21NS/c1-10-7-11(2)14(12(3)8-10)16-9-13-5-4-6-15-13/h7-8,13,15H,4-6,9H2,1-3H3. The molecule has 1 fully saturated rings. The average molecular weight is 235 g/mol. The van der Waals surface area contributed by atoms with Crippen molar-refractivity contribution < 1.29 is 0 Å². The van der Waals surface area contributed by atoms with Crippen LogP contribution >= 0.6 is 11.8 Å². The molecular weight excluding hydrogens is 214 g/mol. The van der Waals surface area contributed by atoms with E-state index in [-0.39, 0.29) is 0 Å². The maximum Gasteiger partial charge on any atom is 0.0162 e. The van der Waals surface area contributed by atoms with Gasteiger partial charge in [-0.15, -0.1) is 11.8 Å². The number of hydrogen-bond acceptors (Lipinski definition) is 2. The highest BCUT2D eigenvalue weighted by Crippen LogP contribution is 2.29. The number of hydrogen-bond donors (Lipinski definition) is 1. The Morgan fingerprint density at radius 2 is 1.94 bits per heavy atom. The Kier molecular flexibility index (Phi) is 3.93. The second-order valence-electron chi connectivity index (χ2n) is 4.83. The van der Waals surface area contributed by atoms with Crippen molar-refractivity contribution in [2.75, 3.05) is 12.3 Å². The number of rotatable bonds is 3. The molecule has 2 rings (SSSR count). The molecule has 1 aromatic rings. The van der Waals surface area contributed by atoms with Crippen molar-refractivity contribution in [2.45, 2.75) is 44.6 Å². The summed E-state index contributed by atoms with van der Waals surface area (Å²) >= 11 is 2.02. The molecule has 16 heavy (non-hydrogen) atoms. The lowest BCUT2D eigenvalue weighted by molar-refractivity contribution is 0.674. The minimum absolute atomic E-state index is 0.727. The molecule has 1 N–H and O–H groups in total. The van der Waals surface area contributed by atoms with Crippen LogP contribution in [0.1, 0.15) is 29.5 Å². The third-order valence-electron chi connectivity index (χ3n) is 3.20. The van der Waals surface area contributed by atoms with E-state index in [1.165, 1.54) is 46.7 Å². The Hall–Kier alpha value is -0.470.